The van der Waals surface area contributed by atoms with Crippen LogP contribution < -0.4 is 10.9 Å². The molecule has 138 valence electrons. The SMILES string of the molecule is Cc1ccc(NC(=O)c2cc3ccccc3oc2=Nc2ccc(Cl)cc2)cc1. The molecular formula is C23H17ClN2O2. The molecule has 0 aliphatic carbocycles. The van der Waals surface area contributed by atoms with Crippen LogP contribution in [0.5, 0.6) is 0 Å². The van der Waals surface area contributed by atoms with Crippen molar-refractivity contribution in [1.29, 1.82) is 0 Å². The maximum atomic E-state index is 13.0. The largest absolute Gasteiger partial charge is 0.438 e. The number of carbonyl (C=O) groups is 1. The summed E-state index contributed by atoms with van der Waals surface area (Å²) in [6, 6.07) is 24.0. The Hall–Kier alpha value is -3.37. The second-order valence-corrected chi connectivity index (χ2v) is 6.85. The highest BCUT2D eigenvalue weighted by molar-refractivity contribution is 6.30. The van der Waals surface area contributed by atoms with Crippen LogP contribution in [0, 0.1) is 6.92 Å². The fourth-order valence-electron chi connectivity index (χ4n) is 2.78. The van der Waals surface area contributed by atoms with E-state index in [0.29, 0.717) is 27.5 Å². The van der Waals surface area contributed by atoms with Crippen molar-refractivity contribution >= 4 is 39.9 Å². The third-order valence-electron chi connectivity index (χ3n) is 4.27. The van der Waals surface area contributed by atoms with E-state index in [9.17, 15) is 4.79 Å². The number of halogens is 1. The van der Waals surface area contributed by atoms with Crippen molar-refractivity contribution in [3.63, 3.8) is 0 Å². The summed E-state index contributed by atoms with van der Waals surface area (Å²) < 4.78 is 5.94. The number of benzene rings is 3. The number of fused-ring (bicyclic) bond motifs is 1. The zero-order valence-electron chi connectivity index (χ0n) is 15.1. The fourth-order valence-corrected chi connectivity index (χ4v) is 2.91. The van der Waals surface area contributed by atoms with Crippen molar-refractivity contribution in [2.75, 3.05) is 5.32 Å². The molecule has 1 amide bonds. The molecule has 1 aromatic heterocycles. The molecule has 28 heavy (non-hydrogen) atoms. The van der Waals surface area contributed by atoms with E-state index in [0.717, 1.165) is 10.9 Å². The van der Waals surface area contributed by atoms with Crippen molar-refractivity contribution in [2.45, 2.75) is 6.92 Å². The number of para-hydroxylation sites is 1. The molecule has 0 fully saturated rings. The lowest BCUT2D eigenvalue weighted by molar-refractivity contribution is 0.102. The van der Waals surface area contributed by atoms with Gasteiger partial charge in [0.25, 0.3) is 5.91 Å². The van der Waals surface area contributed by atoms with Gasteiger partial charge in [-0.05, 0) is 55.5 Å². The predicted octanol–water partition coefficient (Wildman–Crippen LogP) is 5.88. The average Bonchev–Trinajstić information content (AvgIpc) is 2.71. The number of nitrogens with one attached hydrogen (secondary N) is 1. The smallest absolute Gasteiger partial charge is 0.261 e. The maximum Gasteiger partial charge on any atom is 0.261 e. The van der Waals surface area contributed by atoms with E-state index in [4.69, 9.17) is 16.0 Å². The first-order valence-electron chi connectivity index (χ1n) is 8.80. The minimum Gasteiger partial charge on any atom is -0.438 e. The summed E-state index contributed by atoms with van der Waals surface area (Å²) in [5.41, 5.74) is 3.73. The summed E-state index contributed by atoms with van der Waals surface area (Å²) in [5.74, 6) is -0.286. The molecule has 0 unspecified atom stereocenters. The van der Waals surface area contributed by atoms with Crippen LogP contribution in [0.3, 0.4) is 0 Å². The third-order valence-corrected chi connectivity index (χ3v) is 4.52. The summed E-state index contributed by atoms with van der Waals surface area (Å²) >= 11 is 5.95. The van der Waals surface area contributed by atoms with Gasteiger partial charge in [0.2, 0.25) is 5.55 Å². The number of amides is 1. The van der Waals surface area contributed by atoms with Crippen LogP contribution in [0.1, 0.15) is 15.9 Å². The summed E-state index contributed by atoms with van der Waals surface area (Å²) in [6.45, 7) is 2.00. The van der Waals surface area contributed by atoms with E-state index in [-0.39, 0.29) is 11.5 Å². The fraction of sp³-hybridized carbons (Fsp3) is 0.0435. The molecule has 0 saturated heterocycles. The van der Waals surface area contributed by atoms with Gasteiger partial charge in [0, 0.05) is 16.1 Å². The molecule has 3 aromatic carbocycles. The van der Waals surface area contributed by atoms with E-state index in [2.05, 4.69) is 10.3 Å². The Morgan fingerprint density at radius 3 is 2.43 bits per heavy atom. The van der Waals surface area contributed by atoms with Crippen LogP contribution >= 0.6 is 11.6 Å². The lowest BCUT2D eigenvalue weighted by Gasteiger charge is -2.07. The topological polar surface area (TPSA) is 54.6 Å². The number of rotatable bonds is 3. The van der Waals surface area contributed by atoms with Gasteiger partial charge < -0.3 is 9.73 Å². The molecule has 0 aliphatic heterocycles. The third kappa shape index (κ3) is 3.97. The van der Waals surface area contributed by atoms with Crippen molar-refractivity contribution in [2.24, 2.45) is 4.99 Å². The van der Waals surface area contributed by atoms with Crippen LogP contribution in [0.15, 0.2) is 88.3 Å². The Balaban J connectivity index is 1.81. The summed E-state index contributed by atoms with van der Waals surface area (Å²) in [5, 5.41) is 4.35. The van der Waals surface area contributed by atoms with Gasteiger partial charge in [-0.15, -0.1) is 0 Å². The maximum absolute atomic E-state index is 13.0. The first-order chi connectivity index (χ1) is 13.6. The highest BCUT2D eigenvalue weighted by Gasteiger charge is 2.13. The van der Waals surface area contributed by atoms with E-state index in [1.807, 2.05) is 55.5 Å². The van der Waals surface area contributed by atoms with Crippen LogP contribution in [-0.4, -0.2) is 5.91 Å². The molecule has 0 radical (unpaired) electrons. The van der Waals surface area contributed by atoms with Crippen LogP contribution in [-0.2, 0) is 0 Å². The number of hydrogen-bond donors (Lipinski definition) is 1. The molecule has 0 bridgehead atoms. The molecule has 5 heteroatoms. The van der Waals surface area contributed by atoms with E-state index < -0.39 is 0 Å². The Labute approximate surface area is 167 Å². The zero-order chi connectivity index (χ0) is 19.5. The normalized spacial score (nSPS) is 11.6. The van der Waals surface area contributed by atoms with Crippen molar-refractivity contribution in [3.05, 3.63) is 101 Å². The second-order valence-electron chi connectivity index (χ2n) is 6.41. The van der Waals surface area contributed by atoms with Gasteiger partial charge in [0.15, 0.2) is 0 Å². The molecule has 4 rings (SSSR count). The Bertz CT molecular complexity index is 1210. The number of carbonyl (C=O) groups excluding carboxylic acids is 1. The summed E-state index contributed by atoms with van der Waals surface area (Å²) in [6.07, 6.45) is 0. The Kier molecular flexibility index (Phi) is 4.96. The van der Waals surface area contributed by atoms with E-state index in [1.165, 1.54) is 0 Å². The van der Waals surface area contributed by atoms with Gasteiger partial charge in [-0.1, -0.05) is 47.5 Å². The summed E-state index contributed by atoms with van der Waals surface area (Å²) in [4.78, 5) is 17.5. The highest BCUT2D eigenvalue weighted by Crippen LogP contribution is 2.18. The van der Waals surface area contributed by atoms with Crippen molar-refractivity contribution in [1.82, 2.24) is 0 Å². The first kappa shape index (κ1) is 18.0. The van der Waals surface area contributed by atoms with Crippen LogP contribution in [0.25, 0.3) is 11.0 Å². The van der Waals surface area contributed by atoms with Crippen molar-refractivity contribution in [3.8, 4) is 0 Å². The lowest BCUT2D eigenvalue weighted by Crippen LogP contribution is -2.21. The van der Waals surface area contributed by atoms with Gasteiger partial charge in [-0.2, -0.15) is 0 Å². The number of anilines is 1. The molecular weight excluding hydrogens is 372 g/mol. The molecule has 1 N–H and O–H groups in total. The average molecular weight is 389 g/mol. The monoisotopic (exact) mass is 388 g/mol. The molecule has 1 heterocycles. The molecule has 0 spiro atoms. The minimum atomic E-state index is -0.286. The van der Waals surface area contributed by atoms with Crippen molar-refractivity contribution < 1.29 is 9.21 Å². The van der Waals surface area contributed by atoms with Crippen LogP contribution in [0.2, 0.25) is 5.02 Å². The highest BCUT2D eigenvalue weighted by atomic mass is 35.5. The van der Waals surface area contributed by atoms with Gasteiger partial charge in [0.1, 0.15) is 11.1 Å². The number of aryl methyl sites for hydroxylation is 1. The Morgan fingerprint density at radius 2 is 1.68 bits per heavy atom. The first-order valence-corrected chi connectivity index (χ1v) is 9.17. The Morgan fingerprint density at radius 1 is 0.964 bits per heavy atom. The number of nitrogens with zero attached hydrogens (tertiary/aromatic N) is 1. The zero-order valence-corrected chi connectivity index (χ0v) is 15.9. The lowest BCUT2D eigenvalue weighted by atomic mass is 10.1. The van der Waals surface area contributed by atoms with E-state index >= 15 is 0 Å². The molecule has 0 aliphatic rings. The standard InChI is InChI=1S/C23H17ClN2O2/c1-15-6-10-18(11-7-15)25-22(27)20-14-16-4-2-3-5-21(16)28-23(20)26-19-12-8-17(24)9-13-19/h2-14H,1H3,(H,25,27). The van der Waals surface area contributed by atoms with Crippen LogP contribution in [0.4, 0.5) is 11.4 Å². The molecule has 4 nitrogen and oxygen atoms in total. The van der Waals surface area contributed by atoms with Gasteiger partial charge in [-0.3, -0.25) is 4.79 Å². The second kappa shape index (κ2) is 7.71. The molecule has 0 atom stereocenters. The molecule has 4 aromatic rings. The summed E-state index contributed by atoms with van der Waals surface area (Å²) in [7, 11) is 0. The number of hydrogen-bond acceptors (Lipinski definition) is 3. The van der Waals surface area contributed by atoms with E-state index in [1.54, 1.807) is 30.3 Å². The van der Waals surface area contributed by atoms with Gasteiger partial charge in [-0.25, -0.2) is 4.99 Å². The van der Waals surface area contributed by atoms with Gasteiger partial charge >= 0.3 is 0 Å². The molecule has 0 saturated carbocycles. The quantitative estimate of drug-likeness (QED) is 0.476. The minimum absolute atomic E-state index is 0.241. The van der Waals surface area contributed by atoms with Gasteiger partial charge in [0.05, 0.1) is 5.69 Å². The predicted molar refractivity (Wildman–Crippen MR) is 112 cm³/mol.